The second-order valence-electron chi connectivity index (χ2n) is 13.0. The van der Waals surface area contributed by atoms with Crippen molar-refractivity contribution < 1.29 is 38.9 Å². The summed E-state index contributed by atoms with van der Waals surface area (Å²) in [4.78, 5) is 70.1. The molecule has 1 saturated carbocycles. The van der Waals surface area contributed by atoms with Crippen LogP contribution in [0.5, 0.6) is 11.5 Å². The Morgan fingerprint density at radius 2 is 1.65 bits per heavy atom. The Labute approximate surface area is 277 Å². The third kappa shape index (κ3) is 4.71. The minimum atomic E-state index is -1.47. The van der Waals surface area contributed by atoms with E-state index in [-0.39, 0.29) is 66.9 Å². The van der Waals surface area contributed by atoms with Crippen LogP contribution in [-0.2, 0) is 29.4 Å². The number of fused-ring (bicyclic) bond motifs is 4. The highest BCUT2D eigenvalue weighted by Crippen LogP contribution is 2.64. The number of allylic oxidation sites excluding steroid dienone is 4. The zero-order valence-electron chi connectivity index (χ0n) is 26.4. The summed E-state index contributed by atoms with van der Waals surface area (Å²) in [6.45, 7) is -0.00515. The molecule has 244 valence electrons. The van der Waals surface area contributed by atoms with E-state index in [1.165, 1.54) is 24.2 Å². The maximum atomic E-state index is 15.0. The lowest BCUT2D eigenvalue weighted by molar-refractivity contribution is -0.142. The largest absolute Gasteiger partial charge is 0.508 e. The predicted molar refractivity (Wildman–Crippen MR) is 175 cm³/mol. The fraction of sp³-hybridized carbons (Fsp3) is 0.308. The van der Waals surface area contributed by atoms with Crippen LogP contribution in [0.2, 0.25) is 0 Å². The number of amides is 2. The number of carbonyl (C=O) groups is 5. The number of methoxy groups -OCH3 is 1. The molecule has 9 heteroatoms. The summed E-state index contributed by atoms with van der Waals surface area (Å²) in [5.74, 6) is -5.75. The summed E-state index contributed by atoms with van der Waals surface area (Å²) in [5, 5.41) is 20.7. The molecule has 4 aliphatic rings. The number of aliphatic carboxylic acids is 1. The number of carboxylic acids is 1. The Hall–Kier alpha value is -5.31. The summed E-state index contributed by atoms with van der Waals surface area (Å²) in [7, 11) is 1.51. The van der Waals surface area contributed by atoms with Gasteiger partial charge in [0.25, 0.3) is 0 Å². The topological polar surface area (TPSA) is 138 Å². The fourth-order valence-corrected chi connectivity index (χ4v) is 8.78. The van der Waals surface area contributed by atoms with Crippen LogP contribution in [0.4, 0.5) is 0 Å². The van der Waals surface area contributed by atoms with Gasteiger partial charge in [0.05, 0.1) is 24.4 Å². The molecule has 0 bridgehead atoms. The van der Waals surface area contributed by atoms with E-state index in [2.05, 4.69) is 0 Å². The monoisotopic (exact) mass is 645 g/mol. The normalized spacial score (nSPS) is 27.9. The number of phenols is 1. The number of nitrogens with zero attached hydrogens (tertiary/aromatic N) is 1. The summed E-state index contributed by atoms with van der Waals surface area (Å²) in [5.41, 5.74) is 1.17. The number of benzene rings is 3. The van der Waals surface area contributed by atoms with Crippen molar-refractivity contribution in [3.05, 3.63) is 113 Å². The third-order valence-corrected chi connectivity index (χ3v) is 10.8. The van der Waals surface area contributed by atoms with Crippen LogP contribution in [0, 0.1) is 23.7 Å². The zero-order valence-corrected chi connectivity index (χ0v) is 26.4. The van der Waals surface area contributed by atoms with Crippen molar-refractivity contribution in [1.29, 1.82) is 0 Å². The number of hydrogen-bond donors (Lipinski definition) is 2. The first-order chi connectivity index (χ1) is 23.2. The Kier molecular flexibility index (Phi) is 7.86. The molecule has 1 aliphatic heterocycles. The average molecular weight is 646 g/mol. The number of carboxylic acid groups (broad SMARTS) is 1. The van der Waals surface area contributed by atoms with Crippen LogP contribution in [-0.4, -0.2) is 58.1 Å². The molecule has 9 nitrogen and oxygen atoms in total. The molecule has 48 heavy (non-hydrogen) atoms. The van der Waals surface area contributed by atoms with Crippen molar-refractivity contribution in [2.24, 2.45) is 23.7 Å². The molecule has 3 aromatic rings. The van der Waals surface area contributed by atoms with E-state index in [0.717, 1.165) is 5.57 Å². The van der Waals surface area contributed by atoms with Gasteiger partial charge in [0.15, 0.2) is 11.6 Å². The van der Waals surface area contributed by atoms with E-state index in [4.69, 9.17) is 9.84 Å². The Morgan fingerprint density at radius 3 is 2.33 bits per heavy atom. The van der Waals surface area contributed by atoms with Crippen molar-refractivity contribution >= 4 is 34.9 Å². The number of carbonyl (C=O) groups excluding carboxylic acids is 4. The SMILES string of the molecule is COc1ccc(O)c([C@H]2C3=CC[C@@H]4C(=O)N(CCCC(=O)O)C(=O)[C@@H]4[C@@H]3C[C@H]3C(=O)C(c4ccccc4)=CC(=O)[C@@]23c2ccccc2)c1. The molecule has 1 saturated heterocycles. The minimum absolute atomic E-state index is 0.00515. The standard InChI is InChI=1S/C39H35NO8/c1-48-24-14-17-31(41)29(19-24)35-25-15-16-26-34(38(47)40(37(26)46)18-8-13-33(43)44)28(25)20-30-36(45)27(22-9-4-2-5-10-22)21-32(42)39(30,35)23-11-6-3-7-12-23/h2-7,9-12,14-15,17,19,21,26,28,30,34-35,41H,8,13,16,18,20H2,1H3,(H,43,44)/t26-,28+,30-,34-,35+,39-/m0/s1. The van der Waals surface area contributed by atoms with Crippen LogP contribution in [0.15, 0.2) is 96.6 Å². The van der Waals surface area contributed by atoms with Gasteiger partial charge in [-0.1, -0.05) is 72.3 Å². The molecule has 2 fully saturated rings. The molecule has 3 aliphatic carbocycles. The Bertz CT molecular complexity index is 1900. The van der Waals surface area contributed by atoms with E-state index >= 15 is 4.79 Å². The molecular weight excluding hydrogens is 610 g/mol. The molecule has 3 aromatic carbocycles. The molecule has 0 aromatic heterocycles. The lowest BCUT2D eigenvalue weighted by atomic mass is 9.44. The highest BCUT2D eigenvalue weighted by Gasteiger charge is 2.66. The lowest BCUT2D eigenvalue weighted by Crippen LogP contribution is -2.58. The van der Waals surface area contributed by atoms with Gasteiger partial charge in [0.2, 0.25) is 11.8 Å². The van der Waals surface area contributed by atoms with Gasteiger partial charge in [-0.3, -0.25) is 28.9 Å². The van der Waals surface area contributed by atoms with Crippen LogP contribution in [0.25, 0.3) is 5.57 Å². The van der Waals surface area contributed by atoms with Gasteiger partial charge in [-0.2, -0.15) is 0 Å². The molecule has 1 heterocycles. The first-order valence-corrected chi connectivity index (χ1v) is 16.2. The number of ketones is 2. The number of rotatable bonds is 8. The summed E-state index contributed by atoms with van der Waals surface area (Å²) in [6.07, 6.45) is 3.70. The maximum Gasteiger partial charge on any atom is 0.303 e. The van der Waals surface area contributed by atoms with E-state index < -0.39 is 41.0 Å². The number of ether oxygens (including phenoxy) is 1. The number of aromatic hydroxyl groups is 1. The Morgan fingerprint density at radius 1 is 0.938 bits per heavy atom. The van der Waals surface area contributed by atoms with Crippen LogP contribution < -0.4 is 4.74 Å². The quantitative estimate of drug-likeness (QED) is 0.255. The van der Waals surface area contributed by atoms with Gasteiger partial charge >= 0.3 is 5.97 Å². The number of imide groups is 1. The van der Waals surface area contributed by atoms with Crippen molar-refractivity contribution in [2.75, 3.05) is 13.7 Å². The van der Waals surface area contributed by atoms with Crippen molar-refractivity contribution in [1.82, 2.24) is 4.90 Å². The number of hydrogen-bond acceptors (Lipinski definition) is 7. The molecule has 0 unspecified atom stereocenters. The molecular formula is C39H35NO8. The van der Waals surface area contributed by atoms with E-state index in [0.29, 0.717) is 22.4 Å². The van der Waals surface area contributed by atoms with Gasteiger partial charge in [-0.05, 0) is 60.6 Å². The molecule has 7 rings (SSSR count). The van der Waals surface area contributed by atoms with Crippen LogP contribution in [0.3, 0.4) is 0 Å². The summed E-state index contributed by atoms with van der Waals surface area (Å²) in [6, 6.07) is 23.0. The van der Waals surface area contributed by atoms with Gasteiger partial charge in [-0.15, -0.1) is 0 Å². The number of phenolic OH excluding ortho intramolecular Hbond substituents is 1. The molecule has 2 N–H and O–H groups in total. The summed E-state index contributed by atoms with van der Waals surface area (Å²) >= 11 is 0. The van der Waals surface area contributed by atoms with Crippen LogP contribution >= 0.6 is 0 Å². The number of Topliss-reactive ketones (excluding diaryl/α,β-unsaturated/α-hetero) is 1. The maximum absolute atomic E-state index is 15.0. The second kappa shape index (κ2) is 12.0. The summed E-state index contributed by atoms with van der Waals surface area (Å²) < 4.78 is 5.56. The smallest absolute Gasteiger partial charge is 0.303 e. The van der Waals surface area contributed by atoms with E-state index in [1.807, 2.05) is 42.5 Å². The van der Waals surface area contributed by atoms with Crippen LogP contribution in [0.1, 0.15) is 48.3 Å². The number of likely N-dealkylation sites (tertiary alicyclic amines) is 1. The third-order valence-electron chi connectivity index (χ3n) is 10.8. The highest BCUT2D eigenvalue weighted by atomic mass is 16.5. The van der Waals surface area contributed by atoms with Gasteiger partial charge < -0.3 is 14.9 Å². The zero-order chi connectivity index (χ0) is 33.7. The predicted octanol–water partition coefficient (Wildman–Crippen LogP) is 5.09. The van der Waals surface area contributed by atoms with E-state index in [9.17, 15) is 24.3 Å². The van der Waals surface area contributed by atoms with E-state index in [1.54, 1.807) is 36.4 Å². The highest BCUT2D eigenvalue weighted by molar-refractivity contribution is 6.31. The molecule has 0 radical (unpaired) electrons. The molecule has 0 spiro atoms. The van der Waals surface area contributed by atoms with Crippen molar-refractivity contribution in [3.63, 3.8) is 0 Å². The fourth-order valence-electron chi connectivity index (χ4n) is 8.78. The second-order valence-corrected chi connectivity index (χ2v) is 13.0. The lowest BCUT2D eigenvalue weighted by Gasteiger charge is -2.55. The van der Waals surface area contributed by atoms with Gasteiger partial charge in [-0.25, -0.2) is 0 Å². The molecule has 6 atom stereocenters. The first-order valence-electron chi connectivity index (χ1n) is 16.2. The Balaban J connectivity index is 1.45. The average Bonchev–Trinajstić information content (AvgIpc) is 3.34. The van der Waals surface area contributed by atoms with Crippen molar-refractivity contribution in [2.45, 2.75) is 37.0 Å². The van der Waals surface area contributed by atoms with Crippen molar-refractivity contribution in [3.8, 4) is 11.5 Å². The molecule has 2 amide bonds. The minimum Gasteiger partial charge on any atom is -0.508 e. The van der Waals surface area contributed by atoms with Gasteiger partial charge in [0.1, 0.15) is 11.5 Å². The first kappa shape index (κ1) is 31.3. The van der Waals surface area contributed by atoms with Gasteiger partial charge in [0, 0.05) is 35.9 Å².